The summed E-state index contributed by atoms with van der Waals surface area (Å²) in [5, 5.41) is 19.3. The second kappa shape index (κ2) is 4.87. The monoisotopic (exact) mass is 255 g/mol. The van der Waals surface area contributed by atoms with E-state index in [1.54, 1.807) is 13.8 Å². The van der Waals surface area contributed by atoms with Crippen LogP contribution in [-0.4, -0.2) is 20.3 Å². The molecule has 0 aliphatic carbocycles. The van der Waals surface area contributed by atoms with E-state index in [0.29, 0.717) is 5.70 Å². The largest absolute Gasteiger partial charge is 0.384 e. The van der Waals surface area contributed by atoms with Crippen LogP contribution in [0.2, 0.25) is 0 Å². The van der Waals surface area contributed by atoms with Gasteiger partial charge in [0.05, 0.1) is 22.8 Å². The first-order valence-electron chi connectivity index (χ1n) is 6.28. The van der Waals surface area contributed by atoms with Crippen LogP contribution in [-0.2, 0) is 6.42 Å². The minimum absolute atomic E-state index is 0.542. The molecule has 1 N–H and O–H groups in total. The van der Waals surface area contributed by atoms with Crippen LogP contribution in [0.25, 0.3) is 16.7 Å². The number of imidazole rings is 1. The minimum Gasteiger partial charge on any atom is -0.384 e. The van der Waals surface area contributed by atoms with Gasteiger partial charge in [0.2, 0.25) is 0 Å². The lowest BCUT2D eigenvalue weighted by Gasteiger charge is -2.23. The van der Waals surface area contributed by atoms with Crippen molar-refractivity contribution >= 4 is 16.7 Å². The molecule has 4 heteroatoms. The SMILES string of the molecule is CCc1nc2ccccc2n1/C(=C/C#N)C(C)(C)O. The van der Waals surface area contributed by atoms with Gasteiger partial charge in [-0.05, 0) is 26.0 Å². The van der Waals surface area contributed by atoms with Crippen molar-refractivity contribution in [3.8, 4) is 6.07 Å². The summed E-state index contributed by atoms with van der Waals surface area (Å²) in [5.74, 6) is 0.838. The lowest BCUT2D eigenvalue weighted by atomic mass is 10.0. The number of aliphatic hydroxyl groups is 1. The maximum atomic E-state index is 10.3. The molecule has 0 aliphatic heterocycles. The molecule has 0 aliphatic rings. The molecule has 4 nitrogen and oxygen atoms in total. The molecule has 0 saturated carbocycles. The first-order chi connectivity index (χ1) is 8.99. The van der Waals surface area contributed by atoms with Gasteiger partial charge in [0.1, 0.15) is 11.4 Å². The first-order valence-corrected chi connectivity index (χ1v) is 6.28. The zero-order chi connectivity index (χ0) is 14.0. The molecule has 0 fully saturated rings. The summed E-state index contributed by atoms with van der Waals surface area (Å²) in [6, 6.07) is 9.73. The maximum absolute atomic E-state index is 10.3. The predicted molar refractivity (Wildman–Crippen MR) is 75.3 cm³/mol. The fourth-order valence-corrected chi connectivity index (χ4v) is 2.16. The highest BCUT2D eigenvalue weighted by molar-refractivity contribution is 5.81. The Morgan fingerprint density at radius 2 is 2.16 bits per heavy atom. The summed E-state index contributed by atoms with van der Waals surface area (Å²) in [5.41, 5.74) is 1.21. The second-order valence-corrected chi connectivity index (χ2v) is 4.92. The first kappa shape index (κ1) is 13.3. The molecule has 1 aromatic carbocycles. The van der Waals surface area contributed by atoms with Gasteiger partial charge in [-0.1, -0.05) is 19.1 Å². The number of para-hydroxylation sites is 2. The lowest BCUT2D eigenvalue weighted by Crippen LogP contribution is -2.25. The molecule has 0 spiro atoms. The Balaban J connectivity index is 2.80. The number of rotatable bonds is 3. The summed E-state index contributed by atoms with van der Waals surface area (Å²) in [7, 11) is 0. The standard InChI is InChI=1S/C15H17N3O/c1-4-14-17-11-7-5-6-8-12(11)18(14)13(9-10-16)15(2,3)19/h5-9,19H,4H2,1-3H3/b13-9+. The second-order valence-electron chi connectivity index (χ2n) is 4.92. The number of hydrogen-bond donors (Lipinski definition) is 1. The molecule has 1 aromatic heterocycles. The third kappa shape index (κ3) is 2.38. The van der Waals surface area contributed by atoms with E-state index in [1.165, 1.54) is 6.08 Å². The van der Waals surface area contributed by atoms with Crippen molar-refractivity contribution in [2.24, 2.45) is 0 Å². The number of nitrogens with zero attached hydrogens (tertiary/aromatic N) is 3. The molecule has 1 heterocycles. The van der Waals surface area contributed by atoms with E-state index in [1.807, 2.05) is 41.8 Å². The predicted octanol–water partition coefficient (Wildman–Crippen LogP) is 2.73. The summed E-state index contributed by atoms with van der Waals surface area (Å²) in [4.78, 5) is 4.55. The van der Waals surface area contributed by atoms with E-state index in [9.17, 15) is 5.11 Å². The van der Waals surface area contributed by atoms with Crippen LogP contribution in [0, 0.1) is 11.3 Å². The van der Waals surface area contributed by atoms with Crippen LogP contribution in [0.1, 0.15) is 26.6 Å². The molecule has 0 unspecified atom stereocenters. The van der Waals surface area contributed by atoms with Crippen molar-refractivity contribution in [2.75, 3.05) is 0 Å². The van der Waals surface area contributed by atoms with Crippen molar-refractivity contribution < 1.29 is 5.11 Å². The highest BCUT2D eigenvalue weighted by Crippen LogP contribution is 2.28. The lowest BCUT2D eigenvalue weighted by molar-refractivity contribution is 0.137. The van der Waals surface area contributed by atoms with Crippen LogP contribution < -0.4 is 0 Å². The van der Waals surface area contributed by atoms with Gasteiger partial charge < -0.3 is 5.11 Å². The van der Waals surface area contributed by atoms with Gasteiger partial charge in [0.25, 0.3) is 0 Å². The Hall–Kier alpha value is -2.12. The topological polar surface area (TPSA) is 61.8 Å². The fourth-order valence-electron chi connectivity index (χ4n) is 2.16. The molecule has 2 aromatic rings. The molecule has 0 atom stereocenters. The van der Waals surface area contributed by atoms with E-state index in [2.05, 4.69) is 4.98 Å². The molecular formula is C15H17N3O. The normalized spacial score (nSPS) is 12.7. The molecule has 98 valence electrons. The zero-order valence-electron chi connectivity index (χ0n) is 11.4. The number of nitriles is 1. The van der Waals surface area contributed by atoms with Gasteiger partial charge in [0.15, 0.2) is 0 Å². The van der Waals surface area contributed by atoms with Crippen LogP contribution in [0.5, 0.6) is 0 Å². The Morgan fingerprint density at radius 1 is 1.47 bits per heavy atom. The van der Waals surface area contributed by atoms with E-state index in [-0.39, 0.29) is 0 Å². The van der Waals surface area contributed by atoms with Crippen molar-refractivity contribution in [3.05, 3.63) is 36.2 Å². The number of allylic oxidation sites excluding steroid dienone is 1. The van der Waals surface area contributed by atoms with E-state index < -0.39 is 5.60 Å². The maximum Gasteiger partial charge on any atom is 0.114 e. The molecule has 0 radical (unpaired) electrons. The van der Waals surface area contributed by atoms with Crippen molar-refractivity contribution in [1.82, 2.24) is 9.55 Å². The summed E-state index contributed by atoms with van der Waals surface area (Å²) >= 11 is 0. The number of hydrogen-bond acceptors (Lipinski definition) is 3. The van der Waals surface area contributed by atoms with Crippen molar-refractivity contribution in [3.63, 3.8) is 0 Å². The van der Waals surface area contributed by atoms with E-state index >= 15 is 0 Å². The zero-order valence-corrected chi connectivity index (χ0v) is 11.4. The number of benzene rings is 1. The highest BCUT2D eigenvalue weighted by atomic mass is 16.3. The van der Waals surface area contributed by atoms with Gasteiger partial charge in [-0.25, -0.2) is 4.98 Å². The number of aromatic nitrogens is 2. The van der Waals surface area contributed by atoms with Crippen molar-refractivity contribution in [2.45, 2.75) is 32.8 Å². The van der Waals surface area contributed by atoms with Crippen LogP contribution in [0.15, 0.2) is 30.3 Å². The van der Waals surface area contributed by atoms with Gasteiger partial charge in [0, 0.05) is 12.5 Å². The average molecular weight is 255 g/mol. The summed E-state index contributed by atoms with van der Waals surface area (Å²) in [6.07, 6.45) is 2.11. The molecule has 0 amide bonds. The summed E-state index contributed by atoms with van der Waals surface area (Å²) < 4.78 is 1.87. The molecule has 0 saturated heterocycles. The van der Waals surface area contributed by atoms with Gasteiger partial charge in [-0.15, -0.1) is 0 Å². The summed E-state index contributed by atoms with van der Waals surface area (Å²) in [6.45, 7) is 5.35. The third-order valence-electron chi connectivity index (χ3n) is 3.02. The van der Waals surface area contributed by atoms with Gasteiger partial charge in [-0.2, -0.15) is 5.26 Å². The average Bonchev–Trinajstić information content (AvgIpc) is 2.72. The quantitative estimate of drug-likeness (QED) is 0.858. The third-order valence-corrected chi connectivity index (χ3v) is 3.02. The van der Waals surface area contributed by atoms with E-state index in [0.717, 1.165) is 23.3 Å². The smallest absolute Gasteiger partial charge is 0.114 e. The van der Waals surface area contributed by atoms with E-state index in [4.69, 9.17) is 5.26 Å². The number of aryl methyl sites for hydroxylation is 1. The molecular weight excluding hydrogens is 238 g/mol. The van der Waals surface area contributed by atoms with Gasteiger partial charge >= 0.3 is 0 Å². The fraction of sp³-hybridized carbons (Fsp3) is 0.333. The molecule has 19 heavy (non-hydrogen) atoms. The Labute approximate surface area is 112 Å². The Kier molecular flexibility index (Phi) is 3.41. The van der Waals surface area contributed by atoms with Crippen LogP contribution in [0.3, 0.4) is 0 Å². The van der Waals surface area contributed by atoms with Crippen LogP contribution >= 0.6 is 0 Å². The Morgan fingerprint density at radius 3 is 2.74 bits per heavy atom. The van der Waals surface area contributed by atoms with Crippen molar-refractivity contribution in [1.29, 1.82) is 5.26 Å². The van der Waals surface area contributed by atoms with Crippen LogP contribution in [0.4, 0.5) is 0 Å². The number of fused-ring (bicyclic) bond motifs is 1. The molecule has 2 rings (SSSR count). The molecule has 0 bridgehead atoms. The Bertz CT molecular complexity index is 669. The van der Waals surface area contributed by atoms with Gasteiger partial charge in [-0.3, -0.25) is 4.57 Å². The minimum atomic E-state index is -1.11. The highest BCUT2D eigenvalue weighted by Gasteiger charge is 2.24.